The second kappa shape index (κ2) is 7.68. The van der Waals surface area contributed by atoms with Gasteiger partial charge in [0, 0.05) is 0 Å². The molecular weight excluding hydrogens is 290 g/mol. The van der Waals surface area contributed by atoms with Gasteiger partial charge < -0.3 is 14.8 Å². The van der Waals surface area contributed by atoms with Crippen molar-refractivity contribution in [3.63, 3.8) is 0 Å². The van der Waals surface area contributed by atoms with Crippen LogP contribution in [-0.2, 0) is 0 Å². The SMILES string of the molecule is COc1ccc(C(NC(=O)c2ccccc2OC)C(C)C)cc1. The summed E-state index contributed by atoms with van der Waals surface area (Å²) in [4.78, 5) is 12.6. The zero-order chi connectivity index (χ0) is 16.8. The van der Waals surface area contributed by atoms with E-state index in [1.165, 1.54) is 0 Å². The minimum Gasteiger partial charge on any atom is -0.497 e. The van der Waals surface area contributed by atoms with E-state index in [1.54, 1.807) is 26.4 Å². The zero-order valence-electron chi connectivity index (χ0n) is 14.0. The molecule has 2 rings (SSSR count). The Balaban J connectivity index is 2.23. The Labute approximate surface area is 137 Å². The topological polar surface area (TPSA) is 47.6 Å². The molecular formula is C19H23NO3. The van der Waals surface area contributed by atoms with Crippen molar-refractivity contribution in [3.05, 3.63) is 59.7 Å². The van der Waals surface area contributed by atoms with Crippen LogP contribution in [0.3, 0.4) is 0 Å². The van der Waals surface area contributed by atoms with E-state index in [0.717, 1.165) is 11.3 Å². The Kier molecular flexibility index (Phi) is 5.63. The predicted molar refractivity (Wildman–Crippen MR) is 91.0 cm³/mol. The second-order valence-electron chi connectivity index (χ2n) is 5.67. The molecule has 0 saturated carbocycles. The van der Waals surface area contributed by atoms with E-state index in [2.05, 4.69) is 19.2 Å². The van der Waals surface area contributed by atoms with Crippen LogP contribution >= 0.6 is 0 Å². The van der Waals surface area contributed by atoms with Crippen molar-refractivity contribution in [2.45, 2.75) is 19.9 Å². The first kappa shape index (κ1) is 16.9. The van der Waals surface area contributed by atoms with Gasteiger partial charge in [0.25, 0.3) is 5.91 Å². The van der Waals surface area contributed by atoms with Crippen molar-refractivity contribution in [1.29, 1.82) is 0 Å². The van der Waals surface area contributed by atoms with Crippen LogP contribution in [0.4, 0.5) is 0 Å². The molecule has 122 valence electrons. The molecule has 0 saturated heterocycles. The van der Waals surface area contributed by atoms with Gasteiger partial charge in [-0.1, -0.05) is 38.1 Å². The monoisotopic (exact) mass is 313 g/mol. The number of rotatable bonds is 6. The average Bonchev–Trinajstić information content (AvgIpc) is 2.59. The Hall–Kier alpha value is -2.49. The van der Waals surface area contributed by atoms with E-state index < -0.39 is 0 Å². The lowest BCUT2D eigenvalue weighted by Crippen LogP contribution is -2.32. The number of ether oxygens (including phenoxy) is 2. The highest BCUT2D eigenvalue weighted by Gasteiger charge is 2.21. The number of methoxy groups -OCH3 is 2. The van der Waals surface area contributed by atoms with Gasteiger partial charge in [-0.2, -0.15) is 0 Å². The molecule has 0 bridgehead atoms. The van der Waals surface area contributed by atoms with E-state index >= 15 is 0 Å². The molecule has 4 heteroatoms. The van der Waals surface area contributed by atoms with Gasteiger partial charge in [-0.3, -0.25) is 4.79 Å². The van der Waals surface area contributed by atoms with Crippen LogP contribution in [0.15, 0.2) is 48.5 Å². The van der Waals surface area contributed by atoms with Gasteiger partial charge >= 0.3 is 0 Å². The standard InChI is InChI=1S/C19H23NO3/c1-13(2)18(14-9-11-15(22-3)12-10-14)20-19(21)16-7-5-6-8-17(16)23-4/h5-13,18H,1-4H3,(H,20,21). The number of benzene rings is 2. The fourth-order valence-corrected chi connectivity index (χ4v) is 2.50. The van der Waals surface area contributed by atoms with E-state index in [0.29, 0.717) is 11.3 Å². The first-order valence-electron chi connectivity index (χ1n) is 7.64. The first-order valence-corrected chi connectivity index (χ1v) is 7.64. The molecule has 2 aromatic rings. The van der Waals surface area contributed by atoms with Crippen molar-refractivity contribution >= 4 is 5.91 Å². The third-order valence-corrected chi connectivity index (χ3v) is 3.78. The fourth-order valence-electron chi connectivity index (χ4n) is 2.50. The van der Waals surface area contributed by atoms with Gasteiger partial charge in [0.2, 0.25) is 0 Å². The van der Waals surface area contributed by atoms with Gasteiger partial charge in [0.05, 0.1) is 25.8 Å². The lowest BCUT2D eigenvalue weighted by Gasteiger charge is -2.23. The molecule has 1 N–H and O–H groups in total. The Bertz CT molecular complexity index is 650. The van der Waals surface area contributed by atoms with Crippen molar-refractivity contribution < 1.29 is 14.3 Å². The Morgan fingerprint density at radius 1 is 0.957 bits per heavy atom. The minimum atomic E-state index is -0.142. The highest BCUT2D eigenvalue weighted by molar-refractivity contribution is 5.97. The average molecular weight is 313 g/mol. The van der Waals surface area contributed by atoms with Gasteiger partial charge in [-0.15, -0.1) is 0 Å². The summed E-state index contributed by atoms with van der Waals surface area (Å²) in [7, 11) is 3.20. The van der Waals surface area contributed by atoms with Crippen molar-refractivity contribution in [2.24, 2.45) is 5.92 Å². The maximum atomic E-state index is 12.6. The number of hydrogen-bond donors (Lipinski definition) is 1. The molecule has 0 aliphatic rings. The van der Waals surface area contributed by atoms with Gasteiger partial charge in [-0.25, -0.2) is 0 Å². The van der Waals surface area contributed by atoms with Crippen LogP contribution in [0.5, 0.6) is 11.5 Å². The number of carbonyl (C=O) groups is 1. The predicted octanol–water partition coefficient (Wildman–Crippen LogP) is 3.83. The van der Waals surface area contributed by atoms with E-state index in [1.807, 2.05) is 36.4 Å². The third kappa shape index (κ3) is 4.03. The van der Waals surface area contributed by atoms with Gasteiger partial charge in [0.15, 0.2) is 0 Å². The normalized spacial score (nSPS) is 11.9. The lowest BCUT2D eigenvalue weighted by atomic mass is 9.95. The molecule has 0 aromatic heterocycles. The molecule has 0 fully saturated rings. The third-order valence-electron chi connectivity index (χ3n) is 3.78. The quantitative estimate of drug-likeness (QED) is 0.881. The summed E-state index contributed by atoms with van der Waals surface area (Å²) in [6, 6.07) is 14.9. The minimum absolute atomic E-state index is 0.0849. The van der Waals surface area contributed by atoms with Crippen molar-refractivity contribution in [2.75, 3.05) is 14.2 Å². The lowest BCUT2D eigenvalue weighted by molar-refractivity contribution is 0.0922. The number of nitrogens with one attached hydrogen (secondary N) is 1. The number of hydrogen-bond acceptors (Lipinski definition) is 3. The molecule has 4 nitrogen and oxygen atoms in total. The van der Waals surface area contributed by atoms with E-state index in [4.69, 9.17) is 9.47 Å². The summed E-state index contributed by atoms with van der Waals surface area (Å²) >= 11 is 0. The Morgan fingerprint density at radius 2 is 1.61 bits per heavy atom. The molecule has 0 radical (unpaired) electrons. The number of carbonyl (C=O) groups excluding carboxylic acids is 1. The summed E-state index contributed by atoms with van der Waals surface area (Å²) in [5, 5.41) is 3.10. The molecule has 0 spiro atoms. The highest BCUT2D eigenvalue weighted by atomic mass is 16.5. The molecule has 0 aliphatic heterocycles. The maximum absolute atomic E-state index is 12.6. The van der Waals surface area contributed by atoms with Crippen LogP contribution in [-0.4, -0.2) is 20.1 Å². The van der Waals surface area contributed by atoms with Gasteiger partial charge in [-0.05, 0) is 35.7 Å². The smallest absolute Gasteiger partial charge is 0.255 e. The van der Waals surface area contributed by atoms with Gasteiger partial charge in [0.1, 0.15) is 11.5 Å². The molecule has 23 heavy (non-hydrogen) atoms. The van der Waals surface area contributed by atoms with Crippen LogP contribution in [0.2, 0.25) is 0 Å². The second-order valence-corrected chi connectivity index (χ2v) is 5.67. The zero-order valence-corrected chi connectivity index (χ0v) is 14.0. The largest absolute Gasteiger partial charge is 0.497 e. The van der Waals surface area contributed by atoms with Crippen LogP contribution in [0.1, 0.15) is 35.8 Å². The maximum Gasteiger partial charge on any atom is 0.255 e. The fraction of sp³-hybridized carbons (Fsp3) is 0.316. The van der Waals surface area contributed by atoms with Crippen molar-refractivity contribution in [3.8, 4) is 11.5 Å². The number of para-hydroxylation sites is 1. The summed E-state index contributed by atoms with van der Waals surface area (Å²) < 4.78 is 10.5. The molecule has 1 unspecified atom stereocenters. The Morgan fingerprint density at radius 3 is 2.17 bits per heavy atom. The van der Waals surface area contributed by atoms with E-state index in [-0.39, 0.29) is 17.9 Å². The molecule has 1 atom stereocenters. The summed E-state index contributed by atoms with van der Waals surface area (Å²) in [5.41, 5.74) is 1.58. The highest BCUT2D eigenvalue weighted by Crippen LogP contribution is 2.25. The molecule has 2 aromatic carbocycles. The molecule has 1 amide bonds. The van der Waals surface area contributed by atoms with Crippen molar-refractivity contribution in [1.82, 2.24) is 5.32 Å². The summed E-state index contributed by atoms with van der Waals surface area (Å²) in [5.74, 6) is 1.48. The van der Waals surface area contributed by atoms with Crippen LogP contribution in [0.25, 0.3) is 0 Å². The molecule has 0 aliphatic carbocycles. The van der Waals surface area contributed by atoms with Crippen LogP contribution in [0, 0.1) is 5.92 Å². The first-order chi connectivity index (χ1) is 11.1. The van der Waals surface area contributed by atoms with E-state index in [9.17, 15) is 4.79 Å². The molecule has 0 heterocycles. The number of amides is 1. The van der Waals surface area contributed by atoms with Crippen LogP contribution < -0.4 is 14.8 Å². The summed E-state index contributed by atoms with van der Waals surface area (Å²) in [6.45, 7) is 4.16. The summed E-state index contributed by atoms with van der Waals surface area (Å²) in [6.07, 6.45) is 0.